The smallest absolute Gasteiger partial charge is 0.315 e. The van der Waals surface area contributed by atoms with Crippen molar-refractivity contribution >= 4 is 17.6 Å². The summed E-state index contributed by atoms with van der Waals surface area (Å²) in [5, 5.41) is 6.79. The third kappa shape index (κ3) is 6.54. The number of hydrogen-bond acceptors (Lipinski definition) is 3. The van der Waals surface area contributed by atoms with E-state index in [0.29, 0.717) is 11.6 Å². The van der Waals surface area contributed by atoms with Crippen LogP contribution in [0.4, 0.5) is 4.79 Å². The molecule has 1 saturated heterocycles. The van der Waals surface area contributed by atoms with Gasteiger partial charge in [0.1, 0.15) is 0 Å². The van der Waals surface area contributed by atoms with Gasteiger partial charge in [0.05, 0.1) is 19.3 Å². The fourth-order valence-corrected chi connectivity index (χ4v) is 3.40. The van der Waals surface area contributed by atoms with E-state index in [-0.39, 0.29) is 12.1 Å². The van der Waals surface area contributed by atoms with Crippen LogP contribution in [0.5, 0.6) is 0 Å². The second kappa shape index (κ2) is 10.3. The zero-order valence-electron chi connectivity index (χ0n) is 15.4. The molecule has 5 nitrogen and oxygen atoms in total. The van der Waals surface area contributed by atoms with E-state index in [9.17, 15) is 4.79 Å². The van der Waals surface area contributed by atoms with E-state index in [0.717, 1.165) is 50.4 Å². The first-order valence-corrected chi connectivity index (χ1v) is 9.72. The lowest BCUT2D eigenvalue weighted by Gasteiger charge is -2.31. The molecule has 2 amide bonds. The van der Waals surface area contributed by atoms with Crippen molar-refractivity contribution in [1.82, 2.24) is 15.5 Å². The lowest BCUT2D eigenvalue weighted by atomic mass is 10.1. The van der Waals surface area contributed by atoms with E-state index in [1.54, 1.807) is 0 Å². The average Bonchev–Trinajstić information content (AvgIpc) is 2.69. The summed E-state index contributed by atoms with van der Waals surface area (Å²) in [4.78, 5) is 14.8. The molecule has 144 valence electrons. The number of rotatable bonds is 7. The summed E-state index contributed by atoms with van der Waals surface area (Å²) in [6.07, 6.45) is 0.743. The Morgan fingerprint density at radius 2 is 1.89 bits per heavy atom. The van der Waals surface area contributed by atoms with Gasteiger partial charge in [0.2, 0.25) is 0 Å². The Balaban J connectivity index is 1.53. The number of halogens is 1. The SMILES string of the molecule is O=C(NCCc1cccc(Cl)c1)NC(CN1CCOCC1)c1ccccc1. The van der Waals surface area contributed by atoms with Crippen molar-refractivity contribution in [3.63, 3.8) is 0 Å². The average molecular weight is 388 g/mol. The van der Waals surface area contributed by atoms with Gasteiger partial charge in [0.15, 0.2) is 0 Å². The number of urea groups is 1. The Bertz CT molecular complexity index is 720. The molecule has 1 heterocycles. The Labute approximate surface area is 165 Å². The first kappa shape index (κ1) is 19.7. The first-order chi connectivity index (χ1) is 13.2. The summed E-state index contributed by atoms with van der Waals surface area (Å²) in [7, 11) is 0. The van der Waals surface area contributed by atoms with Crippen LogP contribution in [-0.2, 0) is 11.2 Å². The van der Waals surface area contributed by atoms with E-state index in [2.05, 4.69) is 27.7 Å². The molecule has 6 heteroatoms. The molecule has 0 aliphatic carbocycles. The maximum absolute atomic E-state index is 12.4. The molecule has 0 bridgehead atoms. The molecule has 0 radical (unpaired) electrons. The van der Waals surface area contributed by atoms with Crippen LogP contribution in [0.15, 0.2) is 54.6 Å². The quantitative estimate of drug-likeness (QED) is 0.766. The number of hydrogen-bond donors (Lipinski definition) is 2. The van der Waals surface area contributed by atoms with Gasteiger partial charge in [0.25, 0.3) is 0 Å². The summed E-state index contributed by atoms with van der Waals surface area (Å²) in [6.45, 7) is 4.60. The van der Waals surface area contributed by atoms with Crippen LogP contribution >= 0.6 is 11.6 Å². The third-order valence-electron chi connectivity index (χ3n) is 4.64. The van der Waals surface area contributed by atoms with E-state index in [4.69, 9.17) is 16.3 Å². The largest absolute Gasteiger partial charge is 0.379 e. The highest BCUT2D eigenvalue weighted by Crippen LogP contribution is 2.15. The predicted octanol–water partition coefficient (Wildman–Crippen LogP) is 3.26. The van der Waals surface area contributed by atoms with Crippen molar-refractivity contribution in [2.45, 2.75) is 12.5 Å². The molecule has 2 N–H and O–H groups in total. The molecule has 27 heavy (non-hydrogen) atoms. The van der Waals surface area contributed by atoms with Crippen LogP contribution in [0.25, 0.3) is 0 Å². The number of benzene rings is 2. The Kier molecular flexibility index (Phi) is 7.51. The lowest BCUT2D eigenvalue weighted by molar-refractivity contribution is 0.0340. The molecular formula is C21H26ClN3O2. The fraction of sp³-hybridized carbons (Fsp3) is 0.381. The maximum Gasteiger partial charge on any atom is 0.315 e. The number of amides is 2. The molecular weight excluding hydrogens is 362 g/mol. The molecule has 3 rings (SSSR count). The zero-order valence-corrected chi connectivity index (χ0v) is 16.1. The Morgan fingerprint density at radius 1 is 1.11 bits per heavy atom. The summed E-state index contributed by atoms with van der Waals surface area (Å²) >= 11 is 6.00. The van der Waals surface area contributed by atoms with E-state index in [1.165, 1.54) is 0 Å². The Morgan fingerprint density at radius 3 is 2.63 bits per heavy atom. The predicted molar refractivity (Wildman–Crippen MR) is 108 cm³/mol. The number of nitrogens with zero attached hydrogens (tertiary/aromatic N) is 1. The summed E-state index contributed by atoms with van der Waals surface area (Å²) in [5.74, 6) is 0. The van der Waals surface area contributed by atoms with Crippen molar-refractivity contribution < 1.29 is 9.53 Å². The first-order valence-electron chi connectivity index (χ1n) is 9.34. The van der Waals surface area contributed by atoms with Gasteiger partial charge in [-0.1, -0.05) is 54.1 Å². The molecule has 1 unspecified atom stereocenters. The number of ether oxygens (including phenoxy) is 1. The molecule has 2 aromatic carbocycles. The van der Waals surface area contributed by atoms with Crippen molar-refractivity contribution in [3.05, 3.63) is 70.7 Å². The van der Waals surface area contributed by atoms with Gasteiger partial charge in [-0.2, -0.15) is 0 Å². The van der Waals surface area contributed by atoms with Gasteiger partial charge in [-0.3, -0.25) is 4.90 Å². The molecule has 0 aromatic heterocycles. The van der Waals surface area contributed by atoms with E-state index >= 15 is 0 Å². The van der Waals surface area contributed by atoms with Gasteiger partial charge >= 0.3 is 6.03 Å². The molecule has 0 spiro atoms. The summed E-state index contributed by atoms with van der Waals surface area (Å²) < 4.78 is 5.42. The second-order valence-corrected chi connectivity index (χ2v) is 7.09. The molecule has 1 fully saturated rings. The van der Waals surface area contributed by atoms with Crippen molar-refractivity contribution in [2.75, 3.05) is 39.4 Å². The number of morpholine rings is 1. The van der Waals surface area contributed by atoms with Crippen LogP contribution in [-0.4, -0.2) is 50.3 Å². The number of nitrogens with one attached hydrogen (secondary N) is 2. The number of carbonyl (C=O) groups excluding carboxylic acids is 1. The minimum absolute atomic E-state index is 0.0598. The highest BCUT2D eigenvalue weighted by Gasteiger charge is 2.19. The standard InChI is InChI=1S/C21H26ClN3O2/c22-19-8-4-5-17(15-19)9-10-23-21(26)24-20(18-6-2-1-3-7-18)16-25-11-13-27-14-12-25/h1-8,15,20H,9-14,16H2,(H2,23,24,26). The molecule has 2 aromatic rings. The van der Waals surface area contributed by atoms with Gasteiger partial charge in [0, 0.05) is 31.2 Å². The van der Waals surface area contributed by atoms with Crippen LogP contribution in [0, 0.1) is 0 Å². The zero-order chi connectivity index (χ0) is 18.9. The highest BCUT2D eigenvalue weighted by molar-refractivity contribution is 6.30. The fourth-order valence-electron chi connectivity index (χ4n) is 3.18. The topological polar surface area (TPSA) is 53.6 Å². The Hall–Kier alpha value is -2.08. The van der Waals surface area contributed by atoms with E-state index in [1.807, 2.05) is 42.5 Å². The van der Waals surface area contributed by atoms with Crippen LogP contribution in [0.2, 0.25) is 5.02 Å². The van der Waals surface area contributed by atoms with Gasteiger partial charge in [-0.15, -0.1) is 0 Å². The number of carbonyl (C=O) groups is 1. The minimum Gasteiger partial charge on any atom is -0.379 e. The molecule has 1 aliphatic heterocycles. The third-order valence-corrected chi connectivity index (χ3v) is 4.88. The van der Waals surface area contributed by atoms with Gasteiger partial charge in [-0.05, 0) is 29.7 Å². The monoisotopic (exact) mass is 387 g/mol. The highest BCUT2D eigenvalue weighted by atomic mass is 35.5. The van der Waals surface area contributed by atoms with E-state index < -0.39 is 0 Å². The van der Waals surface area contributed by atoms with Crippen molar-refractivity contribution in [3.8, 4) is 0 Å². The lowest BCUT2D eigenvalue weighted by Crippen LogP contribution is -2.45. The molecule has 1 atom stereocenters. The normalized spacial score (nSPS) is 15.9. The van der Waals surface area contributed by atoms with Crippen molar-refractivity contribution in [1.29, 1.82) is 0 Å². The minimum atomic E-state index is -0.154. The van der Waals surface area contributed by atoms with Crippen molar-refractivity contribution in [2.24, 2.45) is 0 Å². The van der Waals surface area contributed by atoms with Gasteiger partial charge in [-0.25, -0.2) is 4.79 Å². The molecule has 1 aliphatic rings. The van der Waals surface area contributed by atoms with Gasteiger partial charge < -0.3 is 15.4 Å². The summed E-state index contributed by atoms with van der Waals surface area (Å²) in [6, 6.07) is 17.6. The maximum atomic E-state index is 12.4. The van der Waals surface area contributed by atoms with Crippen LogP contribution in [0.3, 0.4) is 0 Å². The van der Waals surface area contributed by atoms with Crippen LogP contribution in [0.1, 0.15) is 17.2 Å². The second-order valence-electron chi connectivity index (χ2n) is 6.66. The van der Waals surface area contributed by atoms with Crippen LogP contribution < -0.4 is 10.6 Å². The summed E-state index contributed by atoms with van der Waals surface area (Å²) in [5.41, 5.74) is 2.21. The molecule has 0 saturated carbocycles.